The molecule has 196 valence electrons. The standard InChI is InChI=1S/C22H42O2.C4H8.C3H6.C2H4/c1-2-3-4-5-6-7-8-9-10-11-12-13-14-15-16-17-18-19-20-21-22(23)24;1-3-4-2;1-3-2;1-2/h9-10H,2-8,11-21H2,1H3,(H,23,24);3H,1,4H2,2H3;3H,1H2,2H3;1-2H2/b10-9-;;;. The van der Waals surface area contributed by atoms with Crippen LogP contribution in [0.3, 0.4) is 0 Å². The molecule has 33 heavy (non-hydrogen) atoms. The van der Waals surface area contributed by atoms with Crippen LogP contribution in [0.2, 0.25) is 0 Å². The topological polar surface area (TPSA) is 37.3 Å². The minimum atomic E-state index is -0.656. The second-order valence-electron chi connectivity index (χ2n) is 8.25. The second-order valence-corrected chi connectivity index (χ2v) is 8.25. The largest absolute Gasteiger partial charge is 0.481 e. The Morgan fingerprint density at radius 3 is 1.27 bits per heavy atom. The van der Waals surface area contributed by atoms with Gasteiger partial charge in [-0.1, -0.05) is 115 Å². The number of rotatable bonds is 20. The van der Waals surface area contributed by atoms with Crippen LogP contribution in [0, 0.1) is 0 Å². The highest BCUT2D eigenvalue weighted by Crippen LogP contribution is 2.12. The fourth-order valence-electron chi connectivity index (χ4n) is 3.05. The Kier molecular flexibility index (Phi) is 51.8. The first-order valence-electron chi connectivity index (χ1n) is 13.6. The molecule has 0 aromatic heterocycles. The average molecular weight is 465 g/mol. The molecule has 0 amide bonds. The summed E-state index contributed by atoms with van der Waals surface area (Å²) in [5.74, 6) is -0.656. The molecule has 0 fully saturated rings. The average Bonchev–Trinajstić information content (AvgIpc) is 2.82. The summed E-state index contributed by atoms with van der Waals surface area (Å²) in [5, 5.41) is 8.55. The summed E-state index contributed by atoms with van der Waals surface area (Å²) in [6, 6.07) is 0. The van der Waals surface area contributed by atoms with Crippen LogP contribution in [0.5, 0.6) is 0 Å². The molecule has 0 aliphatic heterocycles. The van der Waals surface area contributed by atoms with Gasteiger partial charge < -0.3 is 5.11 Å². The number of carbonyl (C=O) groups is 1. The van der Waals surface area contributed by atoms with Crippen molar-refractivity contribution < 1.29 is 9.90 Å². The summed E-state index contributed by atoms with van der Waals surface area (Å²) >= 11 is 0. The van der Waals surface area contributed by atoms with E-state index in [1.165, 1.54) is 96.3 Å². The van der Waals surface area contributed by atoms with Gasteiger partial charge in [0.25, 0.3) is 0 Å². The zero-order valence-corrected chi connectivity index (χ0v) is 22.9. The molecule has 0 aliphatic carbocycles. The Balaban J connectivity index is -0.000000400. The highest BCUT2D eigenvalue weighted by Gasteiger charge is 1.96. The third-order valence-corrected chi connectivity index (χ3v) is 4.94. The van der Waals surface area contributed by atoms with E-state index in [0.717, 1.165) is 19.3 Å². The molecule has 0 aliphatic rings. The van der Waals surface area contributed by atoms with E-state index in [4.69, 9.17) is 5.11 Å². The van der Waals surface area contributed by atoms with E-state index in [1.807, 2.05) is 13.0 Å². The Labute approximate surface area is 209 Å². The molecule has 0 heterocycles. The van der Waals surface area contributed by atoms with Crippen LogP contribution in [-0.2, 0) is 4.79 Å². The number of carboxylic acids is 1. The quantitative estimate of drug-likeness (QED) is 0.144. The van der Waals surface area contributed by atoms with Crippen LogP contribution in [0.25, 0.3) is 0 Å². The van der Waals surface area contributed by atoms with Crippen molar-refractivity contribution in [1.29, 1.82) is 0 Å². The molecule has 0 radical (unpaired) electrons. The van der Waals surface area contributed by atoms with E-state index in [1.54, 1.807) is 6.08 Å². The molecule has 0 rings (SSSR count). The maximum atomic E-state index is 10.4. The normalized spacial score (nSPS) is 9.55. The van der Waals surface area contributed by atoms with Crippen molar-refractivity contribution in [3.05, 3.63) is 50.6 Å². The van der Waals surface area contributed by atoms with Gasteiger partial charge >= 0.3 is 5.97 Å². The highest BCUT2D eigenvalue weighted by atomic mass is 16.4. The van der Waals surface area contributed by atoms with Gasteiger partial charge in [0.1, 0.15) is 0 Å². The van der Waals surface area contributed by atoms with E-state index >= 15 is 0 Å². The first kappa shape index (κ1) is 38.7. The van der Waals surface area contributed by atoms with E-state index in [0.29, 0.717) is 6.42 Å². The van der Waals surface area contributed by atoms with E-state index < -0.39 is 5.97 Å². The molecule has 0 bridgehead atoms. The molecule has 0 saturated heterocycles. The van der Waals surface area contributed by atoms with Gasteiger partial charge in [0.2, 0.25) is 0 Å². The van der Waals surface area contributed by atoms with Gasteiger partial charge in [0.15, 0.2) is 0 Å². The summed E-state index contributed by atoms with van der Waals surface area (Å²) in [6.45, 7) is 19.1. The summed E-state index contributed by atoms with van der Waals surface area (Å²) in [4.78, 5) is 10.4. The van der Waals surface area contributed by atoms with Crippen molar-refractivity contribution in [2.24, 2.45) is 0 Å². The lowest BCUT2D eigenvalue weighted by Crippen LogP contribution is -1.93. The molecular weight excluding hydrogens is 404 g/mol. The zero-order chi connectivity index (χ0) is 25.8. The Morgan fingerprint density at radius 2 is 0.970 bits per heavy atom. The molecule has 0 aromatic rings. The van der Waals surface area contributed by atoms with Gasteiger partial charge in [-0.15, -0.1) is 26.3 Å². The maximum absolute atomic E-state index is 10.4. The zero-order valence-electron chi connectivity index (χ0n) is 22.9. The molecule has 0 aromatic carbocycles. The van der Waals surface area contributed by atoms with Crippen LogP contribution in [0.1, 0.15) is 143 Å². The number of hydrogen-bond acceptors (Lipinski definition) is 1. The van der Waals surface area contributed by atoms with Crippen LogP contribution in [0.4, 0.5) is 0 Å². The fourth-order valence-corrected chi connectivity index (χ4v) is 3.05. The van der Waals surface area contributed by atoms with Crippen LogP contribution in [-0.4, -0.2) is 11.1 Å². The van der Waals surface area contributed by atoms with Crippen molar-refractivity contribution in [3.8, 4) is 0 Å². The Morgan fingerprint density at radius 1 is 0.667 bits per heavy atom. The first-order chi connectivity index (χ1) is 16.1. The van der Waals surface area contributed by atoms with Gasteiger partial charge in [0, 0.05) is 6.42 Å². The van der Waals surface area contributed by atoms with Gasteiger partial charge in [0.05, 0.1) is 0 Å². The summed E-state index contributed by atoms with van der Waals surface area (Å²) in [6.07, 6.45) is 31.8. The molecule has 0 unspecified atom stereocenters. The third kappa shape index (κ3) is 58.9. The van der Waals surface area contributed by atoms with Crippen molar-refractivity contribution in [1.82, 2.24) is 0 Å². The van der Waals surface area contributed by atoms with Crippen molar-refractivity contribution >= 4 is 5.97 Å². The fraction of sp³-hybridized carbons (Fsp3) is 0.710. The summed E-state index contributed by atoms with van der Waals surface area (Å²) < 4.78 is 0. The molecule has 2 nitrogen and oxygen atoms in total. The van der Waals surface area contributed by atoms with Crippen molar-refractivity contribution in [3.63, 3.8) is 0 Å². The molecule has 0 spiro atoms. The number of aliphatic carboxylic acids is 1. The number of unbranched alkanes of at least 4 members (excludes halogenated alkanes) is 15. The minimum Gasteiger partial charge on any atom is -0.481 e. The predicted molar refractivity (Wildman–Crippen MR) is 153 cm³/mol. The molecule has 2 heteroatoms. The second kappa shape index (κ2) is 44.2. The SMILES string of the molecule is C=C.C=CC.C=CCC.CCCCCCCC/C=C\CCCCCCCCCCCC(=O)O. The van der Waals surface area contributed by atoms with Crippen molar-refractivity contribution in [2.45, 2.75) is 143 Å². The smallest absolute Gasteiger partial charge is 0.303 e. The van der Waals surface area contributed by atoms with Crippen LogP contribution < -0.4 is 0 Å². The van der Waals surface area contributed by atoms with E-state index in [-0.39, 0.29) is 0 Å². The lowest BCUT2D eigenvalue weighted by molar-refractivity contribution is -0.137. The molecule has 0 atom stereocenters. The third-order valence-electron chi connectivity index (χ3n) is 4.94. The van der Waals surface area contributed by atoms with Crippen molar-refractivity contribution in [2.75, 3.05) is 0 Å². The van der Waals surface area contributed by atoms with Crippen LogP contribution in [0.15, 0.2) is 50.6 Å². The predicted octanol–water partition coefficient (Wildman–Crippen LogP) is 11.2. The lowest BCUT2D eigenvalue weighted by Gasteiger charge is -2.01. The molecular formula is C31H60O2. The molecule has 0 saturated carbocycles. The van der Waals surface area contributed by atoms with Gasteiger partial charge in [-0.25, -0.2) is 0 Å². The first-order valence-corrected chi connectivity index (χ1v) is 13.6. The summed E-state index contributed by atoms with van der Waals surface area (Å²) in [5.41, 5.74) is 0. The number of allylic oxidation sites excluding steroid dienone is 4. The van der Waals surface area contributed by atoms with E-state index in [9.17, 15) is 4.79 Å². The molecule has 1 N–H and O–H groups in total. The van der Waals surface area contributed by atoms with Gasteiger partial charge in [-0.3, -0.25) is 4.79 Å². The number of carboxylic acid groups (broad SMARTS) is 1. The lowest BCUT2D eigenvalue weighted by atomic mass is 10.1. The highest BCUT2D eigenvalue weighted by molar-refractivity contribution is 5.66. The van der Waals surface area contributed by atoms with E-state index in [2.05, 4.69) is 52.3 Å². The number of hydrogen-bond donors (Lipinski definition) is 1. The maximum Gasteiger partial charge on any atom is 0.303 e. The Hall–Kier alpha value is -1.57. The minimum absolute atomic E-state index is 0.340. The van der Waals surface area contributed by atoms with Crippen LogP contribution >= 0.6 is 0 Å². The summed E-state index contributed by atoms with van der Waals surface area (Å²) in [7, 11) is 0. The van der Waals surface area contributed by atoms with Gasteiger partial charge in [-0.05, 0) is 45.4 Å². The monoisotopic (exact) mass is 464 g/mol. The van der Waals surface area contributed by atoms with Gasteiger partial charge in [-0.2, -0.15) is 0 Å². The Bertz CT molecular complexity index is 384.